The third-order valence-corrected chi connectivity index (χ3v) is 4.97. The van der Waals surface area contributed by atoms with Crippen LogP contribution in [0.4, 0.5) is 4.79 Å². The summed E-state index contributed by atoms with van der Waals surface area (Å²) in [5.41, 5.74) is 1.47. The number of carbonyl (C=O) groups is 1. The van der Waals surface area contributed by atoms with Crippen molar-refractivity contribution in [1.29, 1.82) is 0 Å². The van der Waals surface area contributed by atoms with Crippen LogP contribution in [0.1, 0.15) is 51.0 Å². The second-order valence-electron chi connectivity index (χ2n) is 7.98. The highest BCUT2D eigenvalue weighted by atomic mass is 79.9. The van der Waals surface area contributed by atoms with Gasteiger partial charge in [0.1, 0.15) is 16.3 Å². The van der Waals surface area contributed by atoms with Crippen molar-refractivity contribution in [2.24, 2.45) is 0 Å². The van der Waals surface area contributed by atoms with Crippen LogP contribution in [0.2, 0.25) is 0 Å². The van der Waals surface area contributed by atoms with Gasteiger partial charge in [0, 0.05) is 13.1 Å². The molecular weight excluding hydrogens is 420 g/mol. The average molecular weight is 447 g/mol. The molecule has 0 saturated carbocycles. The Hall–Kier alpha value is -1.92. The van der Waals surface area contributed by atoms with E-state index >= 15 is 0 Å². The van der Waals surface area contributed by atoms with Crippen molar-refractivity contribution in [1.82, 2.24) is 9.88 Å². The van der Waals surface area contributed by atoms with Crippen molar-refractivity contribution in [3.8, 4) is 0 Å². The van der Waals surface area contributed by atoms with Crippen LogP contribution < -0.4 is 0 Å². The molecule has 0 N–H and O–H groups in total. The number of halogens is 1. The van der Waals surface area contributed by atoms with Crippen molar-refractivity contribution in [3.63, 3.8) is 0 Å². The number of amides is 1. The lowest BCUT2D eigenvalue weighted by atomic mass is 10.0. The molecule has 1 aliphatic rings. The molecule has 0 aliphatic carbocycles. The summed E-state index contributed by atoms with van der Waals surface area (Å²) in [5.74, 6) is 0. The van der Waals surface area contributed by atoms with Crippen LogP contribution in [0.3, 0.4) is 0 Å². The number of hydrogen-bond acceptors (Lipinski definition) is 4. The molecule has 1 fully saturated rings. The number of hydrogen-bond donors (Lipinski definition) is 0. The fourth-order valence-electron chi connectivity index (χ4n) is 3.21. The van der Waals surface area contributed by atoms with Crippen molar-refractivity contribution >= 4 is 22.0 Å². The first kappa shape index (κ1) is 20.8. The Morgan fingerprint density at radius 2 is 1.79 bits per heavy atom. The topological polar surface area (TPSA) is 51.7 Å². The minimum atomic E-state index is -0.477. The molecule has 1 aliphatic heterocycles. The van der Waals surface area contributed by atoms with E-state index in [1.807, 2.05) is 57.2 Å². The standard InChI is InChI=1S/C22H27BrN2O3/c1-22(2,3)28-21(26)25-14-12-17(13-15-25)27-20(16-8-5-4-6-9-16)18-10-7-11-19(23)24-18/h4-11,17,20H,12-15H2,1-3H3/t20-/m0/s1. The number of ether oxygens (including phenoxy) is 2. The average Bonchev–Trinajstić information content (AvgIpc) is 2.66. The van der Waals surface area contributed by atoms with Gasteiger partial charge in [-0.3, -0.25) is 0 Å². The molecule has 2 aromatic rings. The Morgan fingerprint density at radius 1 is 1.11 bits per heavy atom. The van der Waals surface area contributed by atoms with E-state index in [1.54, 1.807) is 4.90 Å². The molecule has 1 atom stereocenters. The summed E-state index contributed by atoms with van der Waals surface area (Å²) in [5, 5.41) is 0. The molecule has 5 nitrogen and oxygen atoms in total. The van der Waals surface area contributed by atoms with E-state index in [0.717, 1.165) is 28.7 Å². The van der Waals surface area contributed by atoms with Gasteiger partial charge >= 0.3 is 6.09 Å². The quantitative estimate of drug-likeness (QED) is 0.593. The highest BCUT2D eigenvalue weighted by Gasteiger charge is 2.29. The van der Waals surface area contributed by atoms with Gasteiger partial charge in [-0.15, -0.1) is 0 Å². The van der Waals surface area contributed by atoms with Gasteiger partial charge in [-0.1, -0.05) is 36.4 Å². The molecule has 1 saturated heterocycles. The highest BCUT2D eigenvalue weighted by Crippen LogP contribution is 2.30. The number of rotatable bonds is 4. The summed E-state index contributed by atoms with van der Waals surface area (Å²) in [7, 11) is 0. The van der Waals surface area contributed by atoms with Gasteiger partial charge in [0.05, 0.1) is 11.8 Å². The van der Waals surface area contributed by atoms with Gasteiger partial charge < -0.3 is 14.4 Å². The zero-order valence-corrected chi connectivity index (χ0v) is 18.2. The number of carbonyl (C=O) groups excluding carboxylic acids is 1. The Bertz CT molecular complexity index is 784. The van der Waals surface area contributed by atoms with Gasteiger partial charge in [0.25, 0.3) is 0 Å². The second kappa shape index (κ2) is 9.05. The van der Waals surface area contributed by atoms with Crippen LogP contribution in [0.15, 0.2) is 53.1 Å². The maximum atomic E-state index is 12.3. The first-order valence-corrected chi connectivity index (χ1v) is 10.4. The fourth-order valence-corrected chi connectivity index (χ4v) is 3.57. The summed E-state index contributed by atoms with van der Waals surface area (Å²) in [6.45, 7) is 6.92. The predicted octanol–water partition coefficient (Wildman–Crippen LogP) is 5.35. The third kappa shape index (κ3) is 5.79. The normalized spacial score (nSPS) is 16.6. The monoisotopic (exact) mass is 446 g/mol. The van der Waals surface area contributed by atoms with Crippen molar-refractivity contribution in [2.45, 2.75) is 51.4 Å². The first-order valence-electron chi connectivity index (χ1n) is 9.62. The van der Waals surface area contributed by atoms with Gasteiger partial charge in [0.2, 0.25) is 0 Å². The number of likely N-dealkylation sites (tertiary alicyclic amines) is 1. The lowest BCUT2D eigenvalue weighted by Gasteiger charge is -2.35. The Balaban J connectivity index is 1.67. The lowest BCUT2D eigenvalue weighted by Crippen LogP contribution is -2.43. The van der Waals surface area contributed by atoms with Crippen LogP contribution >= 0.6 is 15.9 Å². The number of aromatic nitrogens is 1. The molecule has 1 aromatic carbocycles. The summed E-state index contributed by atoms with van der Waals surface area (Å²) >= 11 is 3.45. The molecule has 0 unspecified atom stereocenters. The molecule has 3 rings (SSSR count). The van der Waals surface area contributed by atoms with Gasteiger partial charge in [-0.05, 0) is 67.2 Å². The Morgan fingerprint density at radius 3 is 2.39 bits per heavy atom. The molecule has 28 heavy (non-hydrogen) atoms. The first-order chi connectivity index (χ1) is 13.3. The molecule has 0 radical (unpaired) electrons. The molecule has 1 aromatic heterocycles. The summed E-state index contributed by atoms with van der Waals surface area (Å²) < 4.78 is 12.7. The smallest absolute Gasteiger partial charge is 0.410 e. The van der Waals surface area contributed by atoms with Gasteiger partial charge in [0.15, 0.2) is 0 Å². The minimum Gasteiger partial charge on any atom is -0.444 e. The van der Waals surface area contributed by atoms with E-state index in [-0.39, 0.29) is 18.3 Å². The largest absolute Gasteiger partial charge is 0.444 e. The van der Waals surface area contributed by atoms with Crippen LogP contribution in [0.25, 0.3) is 0 Å². The maximum absolute atomic E-state index is 12.3. The van der Waals surface area contributed by atoms with E-state index < -0.39 is 5.60 Å². The van der Waals surface area contributed by atoms with Crippen molar-refractivity contribution in [3.05, 3.63) is 64.4 Å². The maximum Gasteiger partial charge on any atom is 0.410 e. The Labute approximate surface area is 175 Å². The second-order valence-corrected chi connectivity index (χ2v) is 8.79. The number of piperidine rings is 1. The van der Waals surface area contributed by atoms with Gasteiger partial charge in [-0.25, -0.2) is 9.78 Å². The summed E-state index contributed by atoms with van der Waals surface area (Å²) in [6.07, 6.45) is 1.12. The van der Waals surface area contributed by atoms with E-state index in [2.05, 4.69) is 33.0 Å². The molecule has 0 bridgehead atoms. The third-order valence-electron chi connectivity index (χ3n) is 4.53. The lowest BCUT2D eigenvalue weighted by molar-refractivity contribution is -0.0350. The number of nitrogens with zero attached hydrogens (tertiary/aromatic N) is 2. The number of benzene rings is 1. The molecule has 0 spiro atoms. The predicted molar refractivity (Wildman–Crippen MR) is 112 cm³/mol. The molecule has 2 heterocycles. The zero-order chi connectivity index (χ0) is 20.1. The van der Waals surface area contributed by atoms with E-state index in [9.17, 15) is 4.79 Å². The van der Waals surface area contributed by atoms with E-state index in [4.69, 9.17) is 9.47 Å². The van der Waals surface area contributed by atoms with Crippen LogP contribution in [0, 0.1) is 0 Å². The summed E-state index contributed by atoms with van der Waals surface area (Å²) in [6, 6.07) is 16.0. The molecular formula is C22H27BrN2O3. The Kier molecular flexibility index (Phi) is 6.73. The van der Waals surface area contributed by atoms with Crippen LogP contribution in [-0.2, 0) is 9.47 Å². The minimum absolute atomic E-state index is 0.0599. The van der Waals surface area contributed by atoms with Crippen LogP contribution in [0.5, 0.6) is 0 Å². The molecule has 1 amide bonds. The SMILES string of the molecule is CC(C)(C)OC(=O)N1CCC(O[C@@H](c2ccccc2)c2cccc(Br)n2)CC1. The molecule has 6 heteroatoms. The zero-order valence-electron chi connectivity index (χ0n) is 16.6. The fraction of sp³-hybridized carbons (Fsp3) is 0.455. The number of pyridine rings is 1. The van der Waals surface area contributed by atoms with E-state index in [1.165, 1.54) is 0 Å². The highest BCUT2D eigenvalue weighted by molar-refractivity contribution is 9.10. The van der Waals surface area contributed by atoms with Crippen LogP contribution in [-0.4, -0.2) is 40.8 Å². The van der Waals surface area contributed by atoms with Crippen molar-refractivity contribution in [2.75, 3.05) is 13.1 Å². The van der Waals surface area contributed by atoms with E-state index in [0.29, 0.717) is 13.1 Å². The van der Waals surface area contributed by atoms with Gasteiger partial charge in [-0.2, -0.15) is 0 Å². The summed E-state index contributed by atoms with van der Waals surface area (Å²) in [4.78, 5) is 18.6. The van der Waals surface area contributed by atoms with Crippen molar-refractivity contribution < 1.29 is 14.3 Å². The molecule has 150 valence electrons.